The first kappa shape index (κ1) is 7.93. The van der Waals surface area contributed by atoms with Crippen LogP contribution in [0.5, 0.6) is 0 Å². The lowest BCUT2D eigenvalue weighted by Crippen LogP contribution is -2.48. The molecule has 2 heteroatoms. The van der Waals surface area contributed by atoms with E-state index in [0.29, 0.717) is 0 Å². The molecule has 0 spiro atoms. The number of hydrogen-bond acceptors (Lipinski definition) is 2. The average Bonchev–Trinajstić information content (AvgIpc) is 2.03. The van der Waals surface area contributed by atoms with Gasteiger partial charge in [0.25, 0.3) is 0 Å². The molecular formula is C9H17NS. The van der Waals surface area contributed by atoms with E-state index in [1.54, 1.807) is 0 Å². The van der Waals surface area contributed by atoms with Crippen molar-refractivity contribution in [2.24, 2.45) is 5.92 Å². The highest BCUT2D eigenvalue weighted by molar-refractivity contribution is 7.80. The highest BCUT2D eigenvalue weighted by atomic mass is 32.1. The molecule has 0 aromatic carbocycles. The Morgan fingerprint density at radius 1 is 1.18 bits per heavy atom. The fraction of sp³-hybridized carbons (Fsp3) is 1.00. The van der Waals surface area contributed by atoms with Gasteiger partial charge in [-0.2, -0.15) is 12.6 Å². The number of fused-ring (bicyclic) bond motifs is 2. The highest BCUT2D eigenvalue weighted by Crippen LogP contribution is 2.29. The molecule has 2 atom stereocenters. The first-order valence-electron chi connectivity index (χ1n) is 4.75. The van der Waals surface area contributed by atoms with Crippen molar-refractivity contribution in [2.75, 3.05) is 5.75 Å². The molecule has 2 fully saturated rings. The summed E-state index contributed by atoms with van der Waals surface area (Å²) < 4.78 is 0. The van der Waals surface area contributed by atoms with Gasteiger partial charge in [-0.25, -0.2) is 0 Å². The van der Waals surface area contributed by atoms with Gasteiger partial charge in [0.15, 0.2) is 0 Å². The molecule has 2 aliphatic rings. The van der Waals surface area contributed by atoms with Gasteiger partial charge < -0.3 is 5.32 Å². The lowest BCUT2D eigenvalue weighted by atomic mass is 9.81. The maximum absolute atomic E-state index is 4.38. The first-order valence-corrected chi connectivity index (χ1v) is 5.38. The molecule has 0 aliphatic carbocycles. The molecule has 0 amide bonds. The Kier molecular flexibility index (Phi) is 2.42. The molecule has 2 saturated heterocycles. The van der Waals surface area contributed by atoms with E-state index in [9.17, 15) is 0 Å². The number of rotatable bonds is 1. The van der Waals surface area contributed by atoms with Gasteiger partial charge in [-0.15, -0.1) is 0 Å². The van der Waals surface area contributed by atoms with Crippen molar-refractivity contribution in [1.29, 1.82) is 0 Å². The molecule has 2 aliphatic heterocycles. The van der Waals surface area contributed by atoms with E-state index in [0.717, 1.165) is 23.8 Å². The van der Waals surface area contributed by atoms with Crippen molar-refractivity contribution in [2.45, 2.75) is 44.2 Å². The molecule has 64 valence electrons. The Balaban J connectivity index is 1.94. The lowest BCUT2D eigenvalue weighted by Gasteiger charge is -2.39. The minimum atomic E-state index is 0.833. The molecule has 2 rings (SSSR count). The summed E-state index contributed by atoms with van der Waals surface area (Å²) in [7, 11) is 0. The van der Waals surface area contributed by atoms with Crippen molar-refractivity contribution >= 4 is 12.6 Å². The van der Waals surface area contributed by atoms with E-state index >= 15 is 0 Å². The van der Waals surface area contributed by atoms with Gasteiger partial charge in [-0.05, 0) is 37.4 Å². The second-order valence-corrected chi connectivity index (χ2v) is 4.38. The normalized spacial score (nSPS) is 43.9. The Morgan fingerprint density at radius 2 is 1.82 bits per heavy atom. The van der Waals surface area contributed by atoms with Crippen LogP contribution in [-0.4, -0.2) is 17.8 Å². The quantitative estimate of drug-likeness (QED) is 0.574. The molecule has 1 nitrogen and oxygen atoms in total. The van der Waals surface area contributed by atoms with Crippen molar-refractivity contribution in [3.05, 3.63) is 0 Å². The Hall–Kier alpha value is 0.310. The van der Waals surface area contributed by atoms with Crippen LogP contribution < -0.4 is 5.32 Å². The fourth-order valence-corrected chi connectivity index (χ4v) is 2.83. The van der Waals surface area contributed by atoms with Crippen LogP contribution in [0.3, 0.4) is 0 Å². The first-order chi connectivity index (χ1) is 5.38. The van der Waals surface area contributed by atoms with E-state index in [4.69, 9.17) is 0 Å². The predicted molar refractivity (Wildman–Crippen MR) is 51.1 cm³/mol. The van der Waals surface area contributed by atoms with Crippen LogP contribution >= 0.6 is 12.6 Å². The molecule has 0 saturated carbocycles. The third kappa shape index (κ3) is 1.73. The van der Waals surface area contributed by atoms with Crippen molar-refractivity contribution in [3.8, 4) is 0 Å². The summed E-state index contributed by atoms with van der Waals surface area (Å²) in [6, 6.07) is 1.67. The monoisotopic (exact) mass is 171 g/mol. The van der Waals surface area contributed by atoms with Crippen LogP contribution in [-0.2, 0) is 0 Å². The van der Waals surface area contributed by atoms with Crippen LogP contribution in [0.2, 0.25) is 0 Å². The zero-order valence-electron chi connectivity index (χ0n) is 6.92. The van der Waals surface area contributed by atoms with Gasteiger partial charge in [-0.1, -0.05) is 6.42 Å². The van der Waals surface area contributed by atoms with Crippen LogP contribution in [0.25, 0.3) is 0 Å². The van der Waals surface area contributed by atoms with Gasteiger partial charge in [0.1, 0.15) is 0 Å². The van der Waals surface area contributed by atoms with E-state index < -0.39 is 0 Å². The molecule has 0 radical (unpaired) electrons. The summed E-state index contributed by atoms with van der Waals surface area (Å²) in [5, 5.41) is 3.68. The largest absolute Gasteiger partial charge is 0.311 e. The second-order valence-electron chi connectivity index (χ2n) is 4.01. The third-order valence-electron chi connectivity index (χ3n) is 3.07. The molecule has 2 bridgehead atoms. The number of piperidine rings is 2. The van der Waals surface area contributed by atoms with E-state index in [-0.39, 0.29) is 0 Å². The lowest BCUT2D eigenvalue weighted by molar-refractivity contribution is 0.198. The average molecular weight is 171 g/mol. The van der Waals surface area contributed by atoms with Crippen molar-refractivity contribution in [1.82, 2.24) is 5.32 Å². The van der Waals surface area contributed by atoms with Crippen molar-refractivity contribution in [3.63, 3.8) is 0 Å². The van der Waals surface area contributed by atoms with Gasteiger partial charge in [-0.3, -0.25) is 0 Å². The Bertz CT molecular complexity index is 126. The summed E-state index contributed by atoms with van der Waals surface area (Å²) in [4.78, 5) is 0. The third-order valence-corrected chi connectivity index (χ3v) is 3.59. The minimum Gasteiger partial charge on any atom is -0.311 e. The number of thiol groups is 1. The smallest absolute Gasteiger partial charge is 0.00726 e. The van der Waals surface area contributed by atoms with E-state index in [2.05, 4.69) is 17.9 Å². The van der Waals surface area contributed by atoms with Crippen molar-refractivity contribution < 1.29 is 0 Å². The SMILES string of the molecule is SCC1CC2CCCC(C1)N2. The Morgan fingerprint density at radius 3 is 2.36 bits per heavy atom. The van der Waals surface area contributed by atoms with Gasteiger partial charge in [0.2, 0.25) is 0 Å². The van der Waals surface area contributed by atoms with Gasteiger partial charge >= 0.3 is 0 Å². The van der Waals surface area contributed by atoms with Crippen LogP contribution in [0.4, 0.5) is 0 Å². The molecule has 0 aromatic heterocycles. The summed E-state index contributed by atoms with van der Waals surface area (Å²) in [5.74, 6) is 1.99. The second kappa shape index (κ2) is 3.36. The minimum absolute atomic E-state index is 0.833. The predicted octanol–water partition coefficient (Wildman–Crippen LogP) is 1.84. The zero-order valence-corrected chi connectivity index (χ0v) is 7.82. The maximum Gasteiger partial charge on any atom is 0.00726 e. The van der Waals surface area contributed by atoms with Crippen LogP contribution in [0.15, 0.2) is 0 Å². The molecule has 2 unspecified atom stereocenters. The number of nitrogens with one attached hydrogen (secondary N) is 1. The fourth-order valence-electron chi connectivity index (χ4n) is 2.53. The maximum atomic E-state index is 4.38. The zero-order chi connectivity index (χ0) is 7.68. The van der Waals surface area contributed by atoms with Gasteiger partial charge in [0.05, 0.1) is 0 Å². The molecule has 2 heterocycles. The summed E-state index contributed by atoms with van der Waals surface area (Å²) in [5.41, 5.74) is 0. The van der Waals surface area contributed by atoms with Crippen LogP contribution in [0.1, 0.15) is 32.1 Å². The molecule has 0 aromatic rings. The summed E-state index contributed by atoms with van der Waals surface area (Å²) in [6.45, 7) is 0. The van der Waals surface area contributed by atoms with E-state index in [1.807, 2.05) is 0 Å². The highest BCUT2D eigenvalue weighted by Gasteiger charge is 2.29. The topological polar surface area (TPSA) is 12.0 Å². The molecule has 1 N–H and O–H groups in total. The Labute approximate surface area is 74.4 Å². The van der Waals surface area contributed by atoms with Crippen LogP contribution in [0, 0.1) is 5.92 Å². The van der Waals surface area contributed by atoms with Gasteiger partial charge in [0, 0.05) is 12.1 Å². The van der Waals surface area contributed by atoms with E-state index in [1.165, 1.54) is 32.1 Å². The summed E-state index contributed by atoms with van der Waals surface area (Å²) >= 11 is 4.38. The summed E-state index contributed by atoms with van der Waals surface area (Å²) in [6.07, 6.45) is 7.00. The molecule has 11 heavy (non-hydrogen) atoms. The number of hydrogen-bond donors (Lipinski definition) is 2. The molecular weight excluding hydrogens is 154 g/mol. The standard InChI is InChI=1S/C9H17NS/c11-6-7-4-8-2-1-3-9(5-7)10-8/h7-11H,1-6H2.